The maximum atomic E-state index is 6.09. The molecular formula is C41H26N2O. The van der Waals surface area contributed by atoms with Crippen LogP contribution in [0.15, 0.2) is 162 Å². The lowest BCUT2D eigenvalue weighted by molar-refractivity contribution is 0.654. The third kappa shape index (κ3) is 3.87. The average Bonchev–Trinajstić information content (AvgIpc) is 3.47. The highest BCUT2D eigenvalue weighted by molar-refractivity contribution is 6.25. The Kier molecular flexibility index (Phi) is 5.50. The SMILES string of the molecule is c1ccc(-c2cccc(N(c3ccc4oc5ncccc5c4c3)c3ccc4c5ccccc5c5ccccc5c4c3)c2)cc1. The lowest BCUT2D eigenvalue weighted by Gasteiger charge is -2.27. The second kappa shape index (κ2) is 9.82. The Balaban J connectivity index is 1.32. The molecule has 9 rings (SSSR count). The van der Waals surface area contributed by atoms with Gasteiger partial charge in [0.2, 0.25) is 5.71 Å². The first kappa shape index (κ1) is 24.6. The molecule has 3 heteroatoms. The molecule has 0 bridgehead atoms. The number of nitrogens with zero attached hydrogens (tertiary/aromatic N) is 2. The predicted molar refractivity (Wildman–Crippen MR) is 184 cm³/mol. The second-order valence-corrected chi connectivity index (χ2v) is 11.2. The van der Waals surface area contributed by atoms with Gasteiger partial charge in [0.05, 0.1) is 0 Å². The highest BCUT2D eigenvalue weighted by Crippen LogP contribution is 2.42. The van der Waals surface area contributed by atoms with Gasteiger partial charge in [0.15, 0.2) is 0 Å². The number of pyridine rings is 1. The number of hydrogen-bond donors (Lipinski definition) is 0. The number of hydrogen-bond acceptors (Lipinski definition) is 3. The van der Waals surface area contributed by atoms with E-state index in [4.69, 9.17) is 4.42 Å². The molecule has 0 aliphatic rings. The van der Waals surface area contributed by atoms with Gasteiger partial charge in [0.1, 0.15) is 5.58 Å². The quantitative estimate of drug-likeness (QED) is 0.200. The Bertz CT molecular complexity index is 2480. The van der Waals surface area contributed by atoms with Gasteiger partial charge in [-0.2, -0.15) is 0 Å². The minimum atomic E-state index is 0.654. The standard InChI is InChI=1S/C41H26N2O/c1-2-10-27(11-3-1)28-12-8-13-29(24-28)43(31-20-22-40-39(26-31)37-18-9-23-42-41(37)44-40)30-19-21-36-34-16-5-4-14-32(34)33-15-6-7-17-35(33)38(36)25-30/h1-26H. The summed E-state index contributed by atoms with van der Waals surface area (Å²) in [6, 6.07) is 54.1. The molecule has 0 atom stereocenters. The van der Waals surface area contributed by atoms with Crippen LogP contribution in [-0.2, 0) is 0 Å². The third-order valence-corrected chi connectivity index (χ3v) is 8.69. The fourth-order valence-electron chi connectivity index (χ4n) is 6.67. The molecule has 2 heterocycles. The molecule has 44 heavy (non-hydrogen) atoms. The van der Waals surface area contributed by atoms with Gasteiger partial charge in [-0.15, -0.1) is 0 Å². The second-order valence-electron chi connectivity index (χ2n) is 11.2. The van der Waals surface area contributed by atoms with Gasteiger partial charge in [-0.05, 0) is 98.0 Å². The lowest BCUT2D eigenvalue weighted by Crippen LogP contribution is -2.10. The molecule has 3 nitrogen and oxygen atoms in total. The van der Waals surface area contributed by atoms with Crippen molar-refractivity contribution in [2.75, 3.05) is 4.90 Å². The summed E-state index contributed by atoms with van der Waals surface area (Å²) in [6.07, 6.45) is 1.77. The predicted octanol–water partition coefficient (Wildman–Crippen LogP) is 11.6. The van der Waals surface area contributed by atoms with Crippen molar-refractivity contribution in [1.82, 2.24) is 4.98 Å². The van der Waals surface area contributed by atoms with Gasteiger partial charge in [-0.25, -0.2) is 4.98 Å². The number of fused-ring (bicyclic) bond motifs is 9. The zero-order valence-electron chi connectivity index (χ0n) is 23.8. The molecule has 0 aliphatic heterocycles. The van der Waals surface area contributed by atoms with Gasteiger partial charge in [0.25, 0.3) is 0 Å². The van der Waals surface area contributed by atoms with Crippen LogP contribution in [0.5, 0.6) is 0 Å². The van der Waals surface area contributed by atoms with E-state index in [-0.39, 0.29) is 0 Å². The van der Waals surface area contributed by atoms with Crippen LogP contribution in [0.25, 0.3) is 65.5 Å². The molecule has 0 amide bonds. The van der Waals surface area contributed by atoms with E-state index in [1.807, 2.05) is 6.07 Å². The minimum Gasteiger partial charge on any atom is -0.438 e. The molecule has 0 unspecified atom stereocenters. The van der Waals surface area contributed by atoms with Crippen molar-refractivity contribution >= 4 is 71.4 Å². The van der Waals surface area contributed by atoms with Crippen molar-refractivity contribution in [1.29, 1.82) is 0 Å². The van der Waals surface area contributed by atoms with Crippen LogP contribution >= 0.6 is 0 Å². The molecule has 0 radical (unpaired) electrons. The normalized spacial score (nSPS) is 11.6. The number of anilines is 3. The topological polar surface area (TPSA) is 29.3 Å². The van der Waals surface area contributed by atoms with Gasteiger partial charge in [-0.1, -0.05) is 97.1 Å². The van der Waals surface area contributed by atoms with E-state index < -0.39 is 0 Å². The van der Waals surface area contributed by atoms with Crippen LogP contribution < -0.4 is 4.90 Å². The van der Waals surface area contributed by atoms with Crippen molar-refractivity contribution in [3.8, 4) is 11.1 Å². The summed E-state index contributed by atoms with van der Waals surface area (Å²) in [6.45, 7) is 0. The maximum absolute atomic E-state index is 6.09. The average molecular weight is 563 g/mol. The summed E-state index contributed by atoms with van der Waals surface area (Å²) < 4.78 is 6.09. The van der Waals surface area contributed by atoms with Crippen LogP contribution in [0.1, 0.15) is 0 Å². The van der Waals surface area contributed by atoms with Crippen molar-refractivity contribution in [3.63, 3.8) is 0 Å². The largest absolute Gasteiger partial charge is 0.438 e. The highest BCUT2D eigenvalue weighted by atomic mass is 16.3. The van der Waals surface area contributed by atoms with E-state index in [0.29, 0.717) is 5.71 Å². The van der Waals surface area contributed by atoms with Gasteiger partial charge >= 0.3 is 0 Å². The summed E-state index contributed by atoms with van der Waals surface area (Å²) in [7, 11) is 0. The smallest absolute Gasteiger partial charge is 0.227 e. The van der Waals surface area contributed by atoms with E-state index in [1.54, 1.807) is 6.20 Å². The van der Waals surface area contributed by atoms with Crippen LogP contribution in [0.2, 0.25) is 0 Å². The number of rotatable bonds is 4. The zero-order valence-corrected chi connectivity index (χ0v) is 23.8. The first-order valence-electron chi connectivity index (χ1n) is 14.9. The number of furan rings is 1. The van der Waals surface area contributed by atoms with Crippen LogP contribution in [-0.4, -0.2) is 4.98 Å². The molecule has 7 aromatic carbocycles. The third-order valence-electron chi connectivity index (χ3n) is 8.69. The zero-order chi connectivity index (χ0) is 29.0. The molecule has 0 saturated heterocycles. The molecule has 2 aromatic heterocycles. The number of aromatic nitrogens is 1. The Hall–Kier alpha value is -5.93. The molecule has 0 aliphatic carbocycles. The summed E-state index contributed by atoms with van der Waals surface area (Å²) in [5, 5.41) is 9.62. The highest BCUT2D eigenvalue weighted by Gasteiger charge is 2.18. The molecule has 0 spiro atoms. The van der Waals surface area contributed by atoms with Gasteiger partial charge < -0.3 is 9.32 Å². The lowest BCUT2D eigenvalue weighted by atomic mass is 9.94. The van der Waals surface area contributed by atoms with E-state index in [9.17, 15) is 0 Å². The molecule has 0 saturated carbocycles. The van der Waals surface area contributed by atoms with E-state index in [1.165, 1.54) is 43.4 Å². The molecule has 9 aromatic rings. The summed E-state index contributed by atoms with van der Waals surface area (Å²) in [5.41, 5.74) is 7.07. The minimum absolute atomic E-state index is 0.654. The Labute approximate surface area is 254 Å². The summed E-state index contributed by atoms with van der Waals surface area (Å²) in [4.78, 5) is 6.81. The van der Waals surface area contributed by atoms with Crippen molar-refractivity contribution in [2.45, 2.75) is 0 Å². The summed E-state index contributed by atoms with van der Waals surface area (Å²) >= 11 is 0. The van der Waals surface area contributed by atoms with Crippen molar-refractivity contribution in [2.24, 2.45) is 0 Å². The first-order chi connectivity index (χ1) is 21.8. The van der Waals surface area contributed by atoms with Gasteiger partial charge in [-0.3, -0.25) is 0 Å². The monoisotopic (exact) mass is 562 g/mol. The Morgan fingerprint density at radius 2 is 0.955 bits per heavy atom. The fraction of sp³-hybridized carbons (Fsp3) is 0. The molecule has 0 fully saturated rings. The van der Waals surface area contributed by atoms with Crippen LogP contribution in [0.4, 0.5) is 17.1 Å². The van der Waals surface area contributed by atoms with Crippen molar-refractivity contribution < 1.29 is 4.42 Å². The maximum Gasteiger partial charge on any atom is 0.227 e. The van der Waals surface area contributed by atoms with E-state index in [0.717, 1.165) is 33.4 Å². The number of benzene rings is 7. The van der Waals surface area contributed by atoms with E-state index >= 15 is 0 Å². The fourth-order valence-corrected chi connectivity index (χ4v) is 6.67. The van der Waals surface area contributed by atoms with Crippen molar-refractivity contribution in [3.05, 3.63) is 158 Å². The molecular weight excluding hydrogens is 536 g/mol. The summed E-state index contributed by atoms with van der Waals surface area (Å²) in [5.74, 6) is 0. The molecule has 0 N–H and O–H groups in total. The Morgan fingerprint density at radius 1 is 0.386 bits per heavy atom. The van der Waals surface area contributed by atoms with Crippen LogP contribution in [0.3, 0.4) is 0 Å². The van der Waals surface area contributed by atoms with E-state index in [2.05, 4.69) is 155 Å². The molecule has 206 valence electrons. The Morgan fingerprint density at radius 3 is 1.70 bits per heavy atom. The van der Waals surface area contributed by atoms with Crippen LogP contribution in [0, 0.1) is 0 Å². The van der Waals surface area contributed by atoms with Gasteiger partial charge in [0, 0.05) is 34.0 Å². The first-order valence-corrected chi connectivity index (χ1v) is 14.9.